The fourth-order valence-electron chi connectivity index (χ4n) is 2.15. The molecule has 11 nitrogen and oxygen atoms in total. The molecule has 11 heteroatoms. The standard InChI is InChI=1S/C13H25N7O4/c1-20(10(22)4-7(14)2-3-8(15)6-21)9-5-17-13(18-11(9)23)19-12(16)24/h7-9,21H,2-6,14-15H2,1H3,(H4,16,17,18,19,23,24)/t7-,8-,9?/m0/s1. The number of aliphatic hydroxyl groups is 1. The van der Waals surface area contributed by atoms with Crippen LogP contribution in [-0.4, -0.2) is 72.1 Å². The summed E-state index contributed by atoms with van der Waals surface area (Å²) in [5.41, 5.74) is 16.4. The second-order valence-electron chi connectivity index (χ2n) is 5.67. The van der Waals surface area contributed by atoms with Crippen LogP contribution in [-0.2, 0) is 9.59 Å². The van der Waals surface area contributed by atoms with Gasteiger partial charge in [0.05, 0.1) is 13.2 Å². The van der Waals surface area contributed by atoms with Crippen LogP contribution in [0.3, 0.4) is 0 Å². The molecule has 0 radical (unpaired) electrons. The smallest absolute Gasteiger partial charge is 0.318 e. The Morgan fingerprint density at radius 3 is 2.58 bits per heavy atom. The van der Waals surface area contributed by atoms with E-state index in [1.807, 2.05) is 0 Å². The van der Waals surface area contributed by atoms with Crippen molar-refractivity contribution in [2.24, 2.45) is 22.2 Å². The number of aliphatic imine (C=N–C) groups is 1. The molecule has 136 valence electrons. The summed E-state index contributed by atoms with van der Waals surface area (Å²) in [6.07, 6.45) is 1.04. The average molecular weight is 343 g/mol. The minimum atomic E-state index is -0.844. The highest BCUT2D eigenvalue weighted by molar-refractivity contribution is 6.07. The molecule has 0 saturated carbocycles. The van der Waals surface area contributed by atoms with Crippen molar-refractivity contribution in [3.05, 3.63) is 0 Å². The number of aliphatic hydroxyl groups excluding tert-OH is 1. The first kappa shape index (κ1) is 19.8. The molecular formula is C13H25N7O4. The molecule has 0 bridgehead atoms. The second-order valence-corrected chi connectivity index (χ2v) is 5.67. The summed E-state index contributed by atoms with van der Waals surface area (Å²) in [6, 6.07) is -2.41. The van der Waals surface area contributed by atoms with Crippen molar-refractivity contribution in [3.63, 3.8) is 0 Å². The minimum Gasteiger partial charge on any atom is -0.395 e. The van der Waals surface area contributed by atoms with Gasteiger partial charge in [0, 0.05) is 25.6 Å². The molecule has 1 unspecified atom stereocenters. The number of amides is 4. The molecule has 0 aliphatic carbocycles. The number of nitrogens with zero attached hydrogens (tertiary/aromatic N) is 2. The fourth-order valence-corrected chi connectivity index (χ4v) is 2.15. The van der Waals surface area contributed by atoms with Gasteiger partial charge in [-0.2, -0.15) is 0 Å². The highest BCUT2D eigenvalue weighted by Gasteiger charge is 2.31. The van der Waals surface area contributed by atoms with E-state index in [-0.39, 0.29) is 37.5 Å². The predicted octanol–water partition coefficient (Wildman–Crippen LogP) is -3.22. The Balaban J connectivity index is 2.52. The van der Waals surface area contributed by atoms with Crippen LogP contribution in [0.4, 0.5) is 4.79 Å². The normalized spacial score (nSPS) is 19.8. The Morgan fingerprint density at radius 1 is 1.42 bits per heavy atom. The van der Waals surface area contributed by atoms with Gasteiger partial charge in [-0.15, -0.1) is 0 Å². The molecule has 4 amide bonds. The Labute approximate surface area is 139 Å². The highest BCUT2D eigenvalue weighted by atomic mass is 16.3. The summed E-state index contributed by atoms with van der Waals surface area (Å²) in [6.45, 7) is -0.128. The van der Waals surface area contributed by atoms with E-state index in [0.717, 1.165) is 0 Å². The summed E-state index contributed by atoms with van der Waals surface area (Å²) >= 11 is 0. The highest BCUT2D eigenvalue weighted by Crippen LogP contribution is 2.08. The molecule has 0 fully saturated rings. The molecule has 9 N–H and O–H groups in total. The zero-order valence-electron chi connectivity index (χ0n) is 13.6. The van der Waals surface area contributed by atoms with Crippen molar-refractivity contribution in [1.29, 1.82) is 0 Å². The third-order valence-corrected chi connectivity index (χ3v) is 3.65. The number of rotatable bonds is 7. The van der Waals surface area contributed by atoms with Crippen LogP contribution in [0.2, 0.25) is 0 Å². The molecule has 0 aromatic heterocycles. The van der Waals surface area contributed by atoms with Crippen molar-refractivity contribution in [1.82, 2.24) is 15.5 Å². The number of hydrogen-bond donors (Lipinski definition) is 6. The monoisotopic (exact) mass is 343 g/mol. The van der Waals surface area contributed by atoms with Crippen LogP contribution >= 0.6 is 0 Å². The van der Waals surface area contributed by atoms with Crippen LogP contribution in [0.1, 0.15) is 19.3 Å². The quantitative estimate of drug-likeness (QED) is 0.282. The number of carbonyl (C=O) groups excluding carboxylic acids is 3. The molecule has 24 heavy (non-hydrogen) atoms. The predicted molar refractivity (Wildman–Crippen MR) is 86.6 cm³/mol. The van der Waals surface area contributed by atoms with Crippen molar-refractivity contribution < 1.29 is 19.5 Å². The average Bonchev–Trinajstić information content (AvgIpc) is 2.51. The topological polar surface area (TPSA) is 189 Å². The molecule has 0 aromatic rings. The number of urea groups is 1. The van der Waals surface area contributed by atoms with E-state index in [2.05, 4.69) is 15.6 Å². The van der Waals surface area contributed by atoms with E-state index in [9.17, 15) is 14.4 Å². The Bertz CT molecular complexity index is 511. The van der Waals surface area contributed by atoms with Gasteiger partial charge >= 0.3 is 6.03 Å². The second kappa shape index (κ2) is 9.15. The summed E-state index contributed by atoms with van der Waals surface area (Å²) in [5, 5.41) is 13.4. The Hall–Kier alpha value is -2.24. The summed E-state index contributed by atoms with van der Waals surface area (Å²) in [7, 11) is 1.49. The lowest BCUT2D eigenvalue weighted by Gasteiger charge is -2.30. The minimum absolute atomic E-state index is 0.00825. The van der Waals surface area contributed by atoms with Gasteiger partial charge in [-0.1, -0.05) is 0 Å². The lowest BCUT2D eigenvalue weighted by molar-refractivity contribution is -0.138. The van der Waals surface area contributed by atoms with Crippen molar-refractivity contribution in [3.8, 4) is 0 Å². The molecule has 0 spiro atoms. The van der Waals surface area contributed by atoms with Crippen LogP contribution < -0.4 is 27.8 Å². The largest absolute Gasteiger partial charge is 0.395 e. The summed E-state index contributed by atoms with van der Waals surface area (Å²) in [4.78, 5) is 40.2. The van der Waals surface area contributed by atoms with E-state index < -0.39 is 24.0 Å². The Morgan fingerprint density at radius 2 is 2.04 bits per heavy atom. The van der Waals surface area contributed by atoms with Crippen LogP contribution in [0.5, 0.6) is 0 Å². The van der Waals surface area contributed by atoms with Gasteiger partial charge in [0.2, 0.25) is 11.9 Å². The Kier molecular flexibility index (Phi) is 7.55. The van der Waals surface area contributed by atoms with Gasteiger partial charge in [-0.3, -0.25) is 20.2 Å². The molecular weight excluding hydrogens is 318 g/mol. The lowest BCUT2D eigenvalue weighted by Crippen LogP contribution is -2.58. The van der Waals surface area contributed by atoms with Crippen LogP contribution in [0.25, 0.3) is 0 Å². The van der Waals surface area contributed by atoms with Gasteiger partial charge in [-0.25, -0.2) is 9.79 Å². The van der Waals surface area contributed by atoms with E-state index in [0.29, 0.717) is 12.8 Å². The molecule has 0 aromatic carbocycles. The van der Waals surface area contributed by atoms with Crippen LogP contribution in [0.15, 0.2) is 4.99 Å². The van der Waals surface area contributed by atoms with Crippen molar-refractivity contribution in [2.75, 3.05) is 20.2 Å². The maximum atomic E-state index is 12.2. The first-order valence-corrected chi connectivity index (χ1v) is 7.54. The zero-order chi connectivity index (χ0) is 18.3. The SMILES string of the molecule is CN(C(=O)C[C@@H](N)CC[C@H](N)CO)C1CN=C(NC(N)=O)NC1=O. The van der Waals surface area contributed by atoms with Gasteiger partial charge in [-0.05, 0) is 12.8 Å². The number of guanidine groups is 1. The molecule has 1 heterocycles. The van der Waals surface area contributed by atoms with Crippen molar-refractivity contribution >= 4 is 23.8 Å². The number of nitrogens with one attached hydrogen (secondary N) is 2. The number of hydrogen-bond acceptors (Lipinski definition) is 7. The maximum absolute atomic E-state index is 12.2. The maximum Gasteiger partial charge on any atom is 0.318 e. The van der Waals surface area contributed by atoms with E-state index in [1.165, 1.54) is 11.9 Å². The number of nitrogens with two attached hydrogens (primary N) is 3. The first-order valence-electron chi connectivity index (χ1n) is 7.54. The zero-order valence-corrected chi connectivity index (χ0v) is 13.6. The van der Waals surface area contributed by atoms with E-state index in [4.69, 9.17) is 22.3 Å². The van der Waals surface area contributed by atoms with Crippen molar-refractivity contribution in [2.45, 2.75) is 37.4 Å². The third kappa shape index (κ3) is 6.10. The molecule has 1 aliphatic heterocycles. The van der Waals surface area contributed by atoms with E-state index >= 15 is 0 Å². The van der Waals surface area contributed by atoms with E-state index in [1.54, 1.807) is 0 Å². The van der Waals surface area contributed by atoms with Gasteiger partial charge in [0.1, 0.15) is 6.04 Å². The summed E-state index contributed by atoms with van der Waals surface area (Å²) in [5.74, 6) is -0.818. The van der Waals surface area contributed by atoms with Gasteiger partial charge < -0.3 is 27.2 Å². The number of likely N-dealkylation sites (N-methyl/N-ethyl adjacent to an activating group) is 1. The lowest BCUT2D eigenvalue weighted by atomic mass is 10.0. The molecule has 3 atom stereocenters. The van der Waals surface area contributed by atoms with Gasteiger partial charge in [0.25, 0.3) is 5.91 Å². The molecule has 1 aliphatic rings. The molecule has 1 rings (SSSR count). The first-order chi connectivity index (χ1) is 11.2. The fraction of sp³-hybridized carbons (Fsp3) is 0.692. The van der Waals surface area contributed by atoms with Crippen LogP contribution in [0, 0.1) is 0 Å². The summed E-state index contributed by atoms with van der Waals surface area (Å²) < 4.78 is 0. The molecule has 0 saturated heterocycles. The van der Waals surface area contributed by atoms with Gasteiger partial charge in [0.15, 0.2) is 0 Å². The number of carbonyl (C=O) groups is 3. The third-order valence-electron chi connectivity index (χ3n) is 3.65. The number of primary amides is 1.